The van der Waals surface area contributed by atoms with E-state index in [1.165, 1.54) is 15.6 Å². The highest BCUT2D eigenvalue weighted by atomic mass is 32.1. The second kappa shape index (κ2) is 10.1. The summed E-state index contributed by atoms with van der Waals surface area (Å²) >= 11 is 1.63. The van der Waals surface area contributed by atoms with Crippen LogP contribution < -0.4 is 15.4 Å². The van der Waals surface area contributed by atoms with Gasteiger partial charge in [-0.1, -0.05) is 30.3 Å². The monoisotopic (exact) mass is 397 g/mol. The molecule has 0 aliphatic heterocycles. The van der Waals surface area contributed by atoms with E-state index >= 15 is 0 Å². The van der Waals surface area contributed by atoms with Gasteiger partial charge in [0, 0.05) is 29.7 Å². The Morgan fingerprint density at radius 3 is 2.79 bits per heavy atom. The molecule has 1 unspecified atom stereocenters. The summed E-state index contributed by atoms with van der Waals surface area (Å²) in [6, 6.07) is 18.4. The third kappa shape index (κ3) is 5.47. The Labute approximate surface area is 170 Å². The Kier molecular flexibility index (Phi) is 7.28. The molecule has 1 aromatic heterocycles. The van der Waals surface area contributed by atoms with Gasteiger partial charge in [0.1, 0.15) is 11.9 Å². The van der Waals surface area contributed by atoms with E-state index in [1.54, 1.807) is 25.5 Å². The molecular weight excluding hydrogens is 370 g/mol. The SMILES string of the molecule is CN=C(NCCCc1cccc(OC)c1)NCC(O)c1cc2ccccc2s1. The third-order valence-electron chi connectivity index (χ3n) is 4.53. The molecule has 148 valence electrons. The van der Waals surface area contributed by atoms with E-state index in [9.17, 15) is 5.11 Å². The number of aliphatic imine (C=N–C) groups is 1. The molecule has 2 aromatic carbocycles. The number of ether oxygens (including phenoxy) is 1. The van der Waals surface area contributed by atoms with Gasteiger partial charge in [-0.25, -0.2) is 0 Å². The number of fused-ring (bicyclic) bond motifs is 1. The van der Waals surface area contributed by atoms with E-state index in [0.717, 1.165) is 30.0 Å². The zero-order chi connectivity index (χ0) is 19.8. The second-order valence-electron chi connectivity index (χ2n) is 6.54. The number of hydrogen-bond donors (Lipinski definition) is 3. The van der Waals surface area contributed by atoms with Crippen LogP contribution in [0.25, 0.3) is 10.1 Å². The Bertz CT molecular complexity index is 890. The van der Waals surface area contributed by atoms with Gasteiger partial charge in [0.2, 0.25) is 0 Å². The number of nitrogens with one attached hydrogen (secondary N) is 2. The second-order valence-corrected chi connectivity index (χ2v) is 7.65. The lowest BCUT2D eigenvalue weighted by Crippen LogP contribution is -2.39. The van der Waals surface area contributed by atoms with Crippen LogP contribution in [0.3, 0.4) is 0 Å². The number of hydrogen-bond acceptors (Lipinski definition) is 4. The van der Waals surface area contributed by atoms with Crippen LogP contribution in [-0.2, 0) is 6.42 Å². The molecule has 3 aromatic rings. The minimum atomic E-state index is -0.562. The fourth-order valence-corrected chi connectivity index (χ4v) is 4.06. The lowest BCUT2D eigenvalue weighted by atomic mass is 10.1. The van der Waals surface area contributed by atoms with Crippen molar-refractivity contribution in [3.8, 4) is 5.75 Å². The first-order valence-corrected chi connectivity index (χ1v) is 10.2. The number of rotatable bonds is 8. The predicted molar refractivity (Wildman–Crippen MR) is 117 cm³/mol. The average Bonchev–Trinajstić information content (AvgIpc) is 3.17. The summed E-state index contributed by atoms with van der Waals surface area (Å²) in [4.78, 5) is 5.20. The summed E-state index contributed by atoms with van der Waals surface area (Å²) in [7, 11) is 3.42. The number of guanidine groups is 1. The summed E-state index contributed by atoms with van der Waals surface area (Å²) in [5.41, 5.74) is 1.25. The van der Waals surface area contributed by atoms with Crippen molar-refractivity contribution in [2.75, 3.05) is 27.2 Å². The fraction of sp³-hybridized carbons (Fsp3) is 0.318. The third-order valence-corrected chi connectivity index (χ3v) is 5.75. The molecule has 0 amide bonds. The number of methoxy groups -OCH3 is 1. The van der Waals surface area contributed by atoms with Crippen molar-refractivity contribution in [3.05, 3.63) is 65.0 Å². The van der Waals surface area contributed by atoms with Crippen molar-refractivity contribution >= 4 is 27.4 Å². The van der Waals surface area contributed by atoms with Crippen LogP contribution in [0, 0.1) is 0 Å². The first-order chi connectivity index (χ1) is 13.7. The lowest BCUT2D eigenvalue weighted by Gasteiger charge is -2.14. The maximum Gasteiger partial charge on any atom is 0.191 e. The van der Waals surface area contributed by atoms with Crippen LogP contribution >= 0.6 is 11.3 Å². The van der Waals surface area contributed by atoms with Gasteiger partial charge < -0.3 is 20.5 Å². The molecule has 0 bridgehead atoms. The first kappa shape index (κ1) is 20.2. The molecule has 0 aliphatic rings. The minimum absolute atomic E-state index is 0.419. The number of nitrogens with zero attached hydrogens (tertiary/aromatic N) is 1. The van der Waals surface area contributed by atoms with Crippen LogP contribution in [0.5, 0.6) is 5.75 Å². The average molecular weight is 398 g/mol. The zero-order valence-electron chi connectivity index (χ0n) is 16.3. The van der Waals surface area contributed by atoms with Crippen LogP contribution in [0.2, 0.25) is 0 Å². The molecule has 0 fully saturated rings. The number of aliphatic hydroxyl groups excluding tert-OH is 1. The molecule has 0 spiro atoms. The molecule has 5 nitrogen and oxygen atoms in total. The highest BCUT2D eigenvalue weighted by Crippen LogP contribution is 2.29. The van der Waals surface area contributed by atoms with Gasteiger partial charge in [-0.05, 0) is 48.1 Å². The standard InChI is InChI=1S/C22H27N3O2S/c1-23-22(24-12-6-8-16-7-5-10-18(13-16)27-2)25-15-19(26)21-14-17-9-3-4-11-20(17)28-21/h3-5,7,9-11,13-14,19,26H,6,8,12,15H2,1-2H3,(H2,23,24,25). The highest BCUT2D eigenvalue weighted by molar-refractivity contribution is 7.19. The van der Waals surface area contributed by atoms with Crippen molar-refractivity contribution in [2.45, 2.75) is 18.9 Å². The molecular formula is C22H27N3O2S. The van der Waals surface area contributed by atoms with Crippen LogP contribution in [0.1, 0.15) is 23.0 Å². The molecule has 0 saturated heterocycles. The first-order valence-electron chi connectivity index (χ1n) is 9.43. The quantitative estimate of drug-likeness (QED) is 0.308. The molecule has 6 heteroatoms. The van der Waals surface area contributed by atoms with Crippen molar-refractivity contribution in [1.29, 1.82) is 0 Å². The highest BCUT2D eigenvalue weighted by Gasteiger charge is 2.12. The number of thiophene rings is 1. The molecule has 28 heavy (non-hydrogen) atoms. The van der Waals surface area contributed by atoms with E-state index < -0.39 is 6.10 Å². The van der Waals surface area contributed by atoms with E-state index in [2.05, 4.69) is 46.0 Å². The minimum Gasteiger partial charge on any atom is -0.497 e. The maximum atomic E-state index is 10.5. The smallest absolute Gasteiger partial charge is 0.191 e. The molecule has 3 N–H and O–H groups in total. The molecule has 3 rings (SSSR count). The Morgan fingerprint density at radius 1 is 1.14 bits per heavy atom. The summed E-state index contributed by atoms with van der Waals surface area (Å²) < 4.78 is 6.45. The molecule has 1 atom stereocenters. The maximum absolute atomic E-state index is 10.5. The fourth-order valence-electron chi connectivity index (χ4n) is 3.01. The van der Waals surface area contributed by atoms with Gasteiger partial charge in [0.05, 0.1) is 7.11 Å². The van der Waals surface area contributed by atoms with Gasteiger partial charge in [-0.3, -0.25) is 4.99 Å². The Hall–Kier alpha value is -2.57. The van der Waals surface area contributed by atoms with Gasteiger partial charge in [-0.15, -0.1) is 11.3 Å². The van der Waals surface area contributed by atoms with Gasteiger partial charge >= 0.3 is 0 Å². The largest absolute Gasteiger partial charge is 0.497 e. The molecule has 0 aliphatic carbocycles. The van der Waals surface area contributed by atoms with Crippen molar-refractivity contribution in [3.63, 3.8) is 0 Å². The van der Waals surface area contributed by atoms with Gasteiger partial charge in [0.25, 0.3) is 0 Å². The predicted octanol–water partition coefficient (Wildman–Crippen LogP) is 3.74. The van der Waals surface area contributed by atoms with Crippen molar-refractivity contribution in [2.24, 2.45) is 4.99 Å². The summed E-state index contributed by atoms with van der Waals surface area (Å²) in [6.45, 7) is 1.22. The van der Waals surface area contributed by atoms with Crippen LogP contribution in [0.4, 0.5) is 0 Å². The summed E-state index contributed by atoms with van der Waals surface area (Å²) in [6.07, 6.45) is 1.38. The topological polar surface area (TPSA) is 65.9 Å². The van der Waals surface area contributed by atoms with E-state index in [-0.39, 0.29) is 0 Å². The summed E-state index contributed by atoms with van der Waals surface area (Å²) in [5.74, 6) is 1.59. The summed E-state index contributed by atoms with van der Waals surface area (Å²) in [5, 5.41) is 18.2. The van der Waals surface area contributed by atoms with Crippen molar-refractivity contribution < 1.29 is 9.84 Å². The Balaban J connectivity index is 1.42. The molecule has 0 radical (unpaired) electrons. The van der Waals surface area contributed by atoms with Crippen LogP contribution in [0.15, 0.2) is 59.6 Å². The number of aryl methyl sites for hydroxylation is 1. The van der Waals surface area contributed by atoms with E-state index in [0.29, 0.717) is 12.5 Å². The number of aliphatic hydroxyl groups is 1. The lowest BCUT2D eigenvalue weighted by molar-refractivity contribution is 0.184. The van der Waals surface area contributed by atoms with Gasteiger partial charge in [0.15, 0.2) is 5.96 Å². The normalized spacial score (nSPS) is 12.8. The van der Waals surface area contributed by atoms with E-state index in [1.807, 2.05) is 24.3 Å². The van der Waals surface area contributed by atoms with Crippen LogP contribution in [-0.4, -0.2) is 38.3 Å². The Morgan fingerprint density at radius 2 is 2.00 bits per heavy atom. The number of benzene rings is 2. The van der Waals surface area contributed by atoms with E-state index in [4.69, 9.17) is 4.74 Å². The van der Waals surface area contributed by atoms with Gasteiger partial charge in [-0.2, -0.15) is 0 Å². The zero-order valence-corrected chi connectivity index (χ0v) is 17.1. The molecule has 1 heterocycles. The van der Waals surface area contributed by atoms with Crippen molar-refractivity contribution in [1.82, 2.24) is 10.6 Å². The molecule has 0 saturated carbocycles.